The fraction of sp³-hybridized carbons (Fsp3) is 0.308. The van der Waals surface area contributed by atoms with E-state index >= 15 is 0 Å². The van der Waals surface area contributed by atoms with Crippen LogP contribution in [0.3, 0.4) is 0 Å². The van der Waals surface area contributed by atoms with E-state index in [1.54, 1.807) is 0 Å². The quantitative estimate of drug-likeness (QED) is 0.880. The molecule has 0 bridgehead atoms. The summed E-state index contributed by atoms with van der Waals surface area (Å²) in [7, 11) is 0. The minimum Gasteiger partial charge on any atom is -0.487 e. The van der Waals surface area contributed by atoms with Gasteiger partial charge in [-0.15, -0.1) is 0 Å². The van der Waals surface area contributed by atoms with Gasteiger partial charge in [0.05, 0.1) is 5.69 Å². The Kier molecular flexibility index (Phi) is 3.32. The minimum absolute atomic E-state index is 0.279. The summed E-state index contributed by atoms with van der Waals surface area (Å²) >= 11 is 0. The zero-order valence-electron chi connectivity index (χ0n) is 10.1. The van der Waals surface area contributed by atoms with Crippen LogP contribution >= 0.6 is 0 Å². The standard InChI is InChI=1S/C13H17N3O/c1-10(2)16-11(8-13(14)15-16)9-17-12-6-4-3-5-7-12/h3-8,10H,9H2,1-2H3,(H2,14,15). The van der Waals surface area contributed by atoms with Crippen LogP contribution < -0.4 is 10.5 Å². The van der Waals surface area contributed by atoms with Gasteiger partial charge < -0.3 is 10.5 Å². The van der Waals surface area contributed by atoms with E-state index in [9.17, 15) is 0 Å². The van der Waals surface area contributed by atoms with Gasteiger partial charge in [0.2, 0.25) is 0 Å². The average Bonchev–Trinajstić information content (AvgIpc) is 2.69. The molecule has 1 heterocycles. The molecule has 0 aliphatic carbocycles. The Morgan fingerprint density at radius 3 is 2.65 bits per heavy atom. The Bertz CT molecular complexity index is 477. The number of rotatable bonds is 4. The van der Waals surface area contributed by atoms with Crippen LogP contribution in [-0.4, -0.2) is 9.78 Å². The molecule has 4 heteroatoms. The van der Waals surface area contributed by atoms with E-state index in [1.807, 2.05) is 41.1 Å². The highest BCUT2D eigenvalue weighted by Gasteiger charge is 2.09. The van der Waals surface area contributed by atoms with Crippen molar-refractivity contribution in [3.8, 4) is 5.75 Å². The number of para-hydroxylation sites is 1. The maximum absolute atomic E-state index is 5.70. The van der Waals surface area contributed by atoms with Crippen molar-refractivity contribution < 1.29 is 4.74 Å². The molecule has 2 N–H and O–H groups in total. The second kappa shape index (κ2) is 4.91. The van der Waals surface area contributed by atoms with Crippen molar-refractivity contribution in [1.82, 2.24) is 9.78 Å². The molecule has 4 nitrogen and oxygen atoms in total. The summed E-state index contributed by atoms with van der Waals surface area (Å²) in [5, 5.41) is 4.24. The van der Waals surface area contributed by atoms with Crippen LogP contribution in [-0.2, 0) is 6.61 Å². The molecular formula is C13H17N3O. The van der Waals surface area contributed by atoms with Gasteiger partial charge in [-0.1, -0.05) is 18.2 Å². The van der Waals surface area contributed by atoms with E-state index in [0.717, 1.165) is 11.4 Å². The van der Waals surface area contributed by atoms with Crippen molar-refractivity contribution in [2.45, 2.75) is 26.5 Å². The molecule has 0 aliphatic rings. The molecule has 0 unspecified atom stereocenters. The molecule has 1 aromatic heterocycles. The molecule has 17 heavy (non-hydrogen) atoms. The number of hydrogen-bond donors (Lipinski definition) is 1. The molecule has 1 aromatic carbocycles. The van der Waals surface area contributed by atoms with Gasteiger partial charge in [-0.25, -0.2) is 0 Å². The molecular weight excluding hydrogens is 214 g/mol. The Morgan fingerprint density at radius 2 is 2.00 bits per heavy atom. The third-order valence-electron chi connectivity index (χ3n) is 2.45. The van der Waals surface area contributed by atoms with Crippen molar-refractivity contribution in [1.29, 1.82) is 0 Å². The van der Waals surface area contributed by atoms with Crippen LogP contribution in [0.15, 0.2) is 36.4 Å². The summed E-state index contributed by atoms with van der Waals surface area (Å²) in [6.07, 6.45) is 0. The fourth-order valence-corrected chi connectivity index (χ4v) is 1.68. The molecule has 0 amide bonds. The Labute approximate surface area is 101 Å². The summed E-state index contributed by atoms with van der Waals surface area (Å²) in [5.74, 6) is 1.38. The largest absolute Gasteiger partial charge is 0.487 e. The first kappa shape index (κ1) is 11.5. The zero-order valence-corrected chi connectivity index (χ0v) is 10.1. The van der Waals surface area contributed by atoms with E-state index in [2.05, 4.69) is 18.9 Å². The number of ether oxygens (including phenoxy) is 1. The highest BCUT2D eigenvalue weighted by molar-refractivity contribution is 5.30. The number of nitrogens with zero attached hydrogens (tertiary/aromatic N) is 2. The topological polar surface area (TPSA) is 53.1 Å². The lowest BCUT2D eigenvalue weighted by Gasteiger charge is -2.11. The van der Waals surface area contributed by atoms with E-state index in [1.165, 1.54) is 0 Å². The van der Waals surface area contributed by atoms with Crippen LogP contribution in [0.1, 0.15) is 25.6 Å². The third-order valence-corrected chi connectivity index (χ3v) is 2.45. The first-order chi connectivity index (χ1) is 8.16. The summed E-state index contributed by atoms with van der Waals surface area (Å²) in [6, 6.07) is 11.8. The van der Waals surface area contributed by atoms with Crippen molar-refractivity contribution in [3.63, 3.8) is 0 Å². The first-order valence-electron chi connectivity index (χ1n) is 5.68. The summed E-state index contributed by atoms with van der Waals surface area (Å²) in [6.45, 7) is 4.61. The smallest absolute Gasteiger partial charge is 0.145 e. The predicted molar refractivity (Wildman–Crippen MR) is 67.8 cm³/mol. The number of nitrogens with two attached hydrogens (primary N) is 1. The molecule has 2 rings (SSSR count). The monoisotopic (exact) mass is 231 g/mol. The molecule has 90 valence electrons. The third kappa shape index (κ3) is 2.78. The Balaban J connectivity index is 2.09. The Hall–Kier alpha value is -1.97. The van der Waals surface area contributed by atoms with Crippen molar-refractivity contribution >= 4 is 5.82 Å². The van der Waals surface area contributed by atoms with Crippen LogP contribution in [0.4, 0.5) is 5.82 Å². The van der Waals surface area contributed by atoms with Crippen molar-refractivity contribution in [2.24, 2.45) is 0 Å². The first-order valence-corrected chi connectivity index (χ1v) is 5.68. The van der Waals surface area contributed by atoms with Gasteiger partial charge in [0, 0.05) is 12.1 Å². The molecule has 0 saturated heterocycles. The summed E-state index contributed by atoms with van der Waals surface area (Å²) in [4.78, 5) is 0. The lowest BCUT2D eigenvalue weighted by atomic mass is 10.3. The van der Waals surface area contributed by atoms with E-state index < -0.39 is 0 Å². The predicted octanol–water partition coefficient (Wildman–Crippen LogP) is 2.63. The highest BCUT2D eigenvalue weighted by atomic mass is 16.5. The van der Waals surface area contributed by atoms with Crippen molar-refractivity contribution in [2.75, 3.05) is 5.73 Å². The van der Waals surface area contributed by atoms with Crippen LogP contribution in [0.5, 0.6) is 5.75 Å². The highest BCUT2D eigenvalue weighted by Crippen LogP contribution is 2.16. The van der Waals surface area contributed by atoms with Gasteiger partial charge in [-0.05, 0) is 26.0 Å². The number of anilines is 1. The number of nitrogen functional groups attached to an aromatic ring is 1. The summed E-state index contributed by atoms with van der Waals surface area (Å²) in [5.41, 5.74) is 6.69. The van der Waals surface area contributed by atoms with Crippen molar-refractivity contribution in [3.05, 3.63) is 42.1 Å². The van der Waals surface area contributed by atoms with Crippen LogP contribution in [0.25, 0.3) is 0 Å². The van der Waals surface area contributed by atoms with Gasteiger partial charge in [0.1, 0.15) is 18.2 Å². The molecule has 0 spiro atoms. The van der Waals surface area contributed by atoms with Crippen LogP contribution in [0.2, 0.25) is 0 Å². The molecule has 0 saturated carbocycles. The van der Waals surface area contributed by atoms with E-state index in [0.29, 0.717) is 12.4 Å². The number of hydrogen-bond acceptors (Lipinski definition) is 3. The SMILES string of the molecule is CC(C)n1nc(N)cc1COc1ccccc1. The molecule has 2 aromatic rings. The lowest BCUT2D eigenvalue weighted by molar-refractivity contribution is 0.288. The normalized spacial score (nSPS) is 10.8. The van der Waals surface area contributed by atoms with Gasteiger partial charge in [0.15, 0.2) is 0 Å². The Morgan fingerprint density at radius 1 is 1.29 bits per heavy atom. The van der Waals surface area contributed by atoms with Gasteiger partial charge in [0.25, 0.3) is 0 Å². The average molecular weight is 231 g/mol. The molecule has 0 atom stereocenters. The van der Waals surface area contributed by atoms with Gasteiger partial charge in [-0.2, -0.15) is 5.10 Å². The maximum Gasteiger partial charge on any atom is 0.145 e. The van der Waals surface area contributed by atoms with E-state index in [-0.39, 0.29) is 6.04 Å². The number of benzene rings is 1. The minimum atomic E-state index is 0.279. The molecule has 0 radical (unpaired) electrons. The van der Waals surface area contributed by atoms with Crippen LogP contribution in [0, 0.1) is 0 Å². The van der Waals surface area contributed by atoms with Gasteiger partial charge >= 0.3 is 0 Å². The molecule has 0 fully saturated rings. The second-order valence-electron chi connectivity index (χ2n) is 4.20. The van der Waals surface area contributed by atoms with E-state index in [4.69, 9.17) is 10.5 Å². The van der Waals surface area contributed by atoms with Gasteiger partial charge in [-0.3, -0.25) is 4.68 Å². The lowest BCUT2D eigenvalue weighted by Crippen LogP contribution is -2.09. The zero-order chi connectivity index (χ0) is 12.3. The summed E-state index contributed by atoms with van der Waals surface area (Å²) < 4.78 is 7.57. The number of aromatic nitrogens is 2. The molecule has 0 aliphatic heterocycles. The fourth-order valence-electron chi connectivity index (χ4n) is 1.68. The second-order valence-corrected chi connectivity index (χ2v) is 4.20. The maximum atomic E-state index is 5.70.